The molecule has 2 atom stereocenters. The molecule has 1 aromatic carbocycles. The van der Waals surface area contributed by atoms with Gasteiger partial charge in [0.1, 0.15) is 5.69 Å². The van der Waals surface area contributed by atoms with Gasteiger partial charge in [-0.25, -0.2) is 4.98 Å². The van der Waals surface area contributed by atoms with Crippen LogP contribution in [-0.2, 0) is 11.8 Å². The molecule has 5 rings (SSSR count). The maximum absolute atomic E-state index is 5.52. The van der Waals surface area contributed by atoms with Crippen LogP contribution in [0.25, 0.3) is 11.5 Å². The van der Waals surface area contributed by atoms with Gasteiger partial charge in [0, 0.05) is 23.7 Å². The molecule has 1 fully saturated rings. The van der Waals surface area contributed by atoms with Gasteiger partial charge in [-0.05, 0) is 30.4 Å². The van der Waals surface area contributed by atoms with E-state index < -0.39 is 0 Å². The Morgan fingerprint density at radius 1 is 1.18 bits per heavy atom. The largest absolute Gasteiger partial charge is 0.339 e. The van der Waals surface area contributed by atoms with Crippen molar-refractivity contribution in [3.63, 3.8) is 0 Å². The Morgan fingerprint density at radius 3 is 3.05 bits per heavy atom. The summed E-state index contributed by atoms with van der Waals surface area (Å²) in [5.74, 6) is 1.60. The molecule has 0 unspecified atom stereocenters. The van der Waals surface area contributed by atoms with Crippen LogP contribution in [0.2, 0.25) is 0 Å². The number of nitrogens with zero attached hydrogens (tertiary/aromatic N) is 4. The van der Waals surface area contributed by atoms with Gasteiger partial charge < -0.3 is 4.52 Å². The van der Waals surface area contributed by atoms with Gasteiger partial charge in [0.25, 0.3) is 0 Å². The molecular weight excluding hydrogens is 276 g/mol. The van der Waals surface area contributed by atoms with Crippen molar-refractivity contribution in [2.75, 3.05) is 0 Å². The average Bonchev–Trinajstić information content (AvgIpc) is 2.94. The fourth-order valence-electron chi connectivity index (χ4n) is 3.81. The predicted octanol–water partition coefficient (Wildman–Crippen LogP) is 2.90. The molecule has 0 amide bonds. The van der Waals surface area contributed by atoms with Crippen molar-refractivity contribution < 1.29 is 4.52 Å². The molecule has 2 aliphatic carbocycles. The van der Waals surface area contributed by atoms with Gasteiger partial charge in [-0.15, -0.1) is 0 Å². The molecule has 22 heavy (non-hydrogen) atoms. The van der Waals surface area contributed by atoms with Crippen LogP contribution in [0, 0.1) is 0 Å². The quantitative estimate of drug-likeness (QED) is 0.726. The zero-order valence-corrected chi connectivity index (χ0v) is 11.9. The fourth-order valence-corrected chi connectivity index (χ4v) is 3.81. The van der Waals surface area contributed by atoms with Gasteiger partial charge in [0.2, 0.25) is 11.7 Å². The first-order valence-corrected chi connectivity index (χ1v) is 7.55. The highest BCUT2D eigenvalue weighted by Gasteiger charge is 2.61. The van der Waals surface area contributed by atoms with Crippen LogP contribution in [0.15, 0.2) is 47.4 Å². The van der Waals surface area contributed by atoms with E-state index in [1.165, 1.54) is 17.5 Å². The summed E-state index contributed by atoms with van der Waals surface area (Å²) in [6.07, 6.45) is 8.36. The number of rotatable bonds is 2. The van der Waals surface area contributed by atoms with Crippen molar-refractivity contribution in [2.45, 2.75) is 30.6 Å². The number of hydrogen-bond donors (Lipinski definition) is 0. The molecule has 5 nitrogen and oxygen atoms in total. The molecule has 0 saturated heterocycles. The van der Waals surface area contributed by atoms with Crippen molar-refractivity contribution in [1.29, 1.82) is 0 Å². The van der Waals surface area contributed by atoms with Crippen molar-refractivity contribution in [1.82, 2.24) is 20.1 Å². The number of fused-ring (bicyclic) bond motifs is 2. The predicted molar refractivity (Wildman–Crippen MR) is 79.1 cm³/mol. The smallest absolute Gasteiger partial charge is 0.231 e. The molecule has 2 aromatic heterocycles. The van der Waals surface area contributed by atoms with Gasteiger partial charge in [-0.3, -0.25) is 4.98 Å². The minimum Gasteiger partial charge on any atom is -0.339 e. The first kappa shape index (κ1) is 12.0. The van der Waals surface area contributed by atoms with Crippen molar-refractivity contribution >= 4 is 0 Å². The summed E-state index contributed by atoms with van der Waals surface area (Å²) in [4.78, 5) is 12.8. The Bertz CT molecular complexity index is 845. The Hall–Kier alpha value is -2.56. The number of aromatic nitrogens is 4. The van der Waals surface area contributed by atoms with Crippen LogP contribution in [0.3, 0.4) is 0 Å². The van der Waals surface area contributed by atoms with Gasteiger partial charge in [0.15, 0.2) is 0 Å². The Labute approximate surface area is 127 Å². The van der Waals surface area contributed by atoms with Crippen LogP contribution in [0.1, 0.15) is 35.8 Å². The van der Waals surface area contributed by atoms with Gasteiger partial charge in [-0.2, -0.15) is 4.98 Å². The lowest BCUT2D eigenvalue weighted by molar-refractivity contribution is 0.372. The maximum Gasteiger partial charge on any atom is 0.231 e. The molecule has 5 heteroatoms. The standard InChI is InChI=1S/C17H14N4O/c1-2-4-12-11(3-1)5-6-17(12)9-13(17)16-20-15(21-22-16)14-10-18-7-8-19-14/h1-4,7-8,10,13H,5-6,9H2/t13-,17-/m1/s1. The second kappa shape index (κ2) is 4.22. The first-order valence-electron chi connectivity index (χ1n) is 7.55. The van der Waals surface area contributed by atoms with E-state index in [1.807, 2.05) is 0 Å². The molecule has 0 bridgehead atoms. The second-order valence-corrected chi connectivity index (χ2v) is 6.12. The maximum atomic E-state index is 5.52. The molecule has 0 aliphatic heterocycles. The summed E-state index contributed by atoms with van der Waals surface area (Å²) in [6, 6.07) is 8.73. The number of aryl methyl sites for hydroxylation is 1. The number of hydrogen-bond acceptors (Lipinski definition) is 5. The molecule has 1 spiro atoms. The highest BCUT2D eigenvalue weighted by Crippen LogP contribution is 2.65. The lowest BCUT2D eigenvalue weighted by atomic mass is 9.95. The van der Waals surface area contributed by atoms with Crippen molar-refractivity contribution in [3.8, 4) is 11.5 Å². The normalized spacial score (nSPS) is 25.4. The third kappa shape index (κ3) is 1.59. The average molecular weight is 290 g/mol. The third-order valence-corrected chi connectivity index (χ3v) is 5.00. The van der Waals surface area contributed by atoms with Gasteiger partial charge >= 0.3 is 0 Å². The fraction of sp³-hybridized carbons (Fsp3) is 0.294. The molecule has 1 saturated carbocycles. The molecule has 2 heterocycles. The van der Waals surface area contributed by atoms with Gasteiger partial charge in [0.05, 0.1) is 6.20 Å². The van der Waals surface area contributed by atoms with E-state index in [2.05, 4.69) is 44.4 Å². The first-order chi connectivity index (χ1) is 10.9. The van der Waals surface area contributed by atoms with Crippen LogP contribution < -0.4 is 0 Å². The van der Waals surface area contributed by atoms with E-state index in [1.54, 1.807) is 18.6 Å². The Balaban J connectivity index is 1.48. The van der Waals surface area contributed by atoms with E-state index in [0.717, 1.165) is 18.7 Å². The molecular formula is C17H14N4O. The highest BCUT2D eigenvalue weighted by molar-refractivity contribution is 5.50. The lowest BCUT2D eigenvalue weighted by Crippen LogP contribution is -2.04. The summed E-state index contributed by atoms with van der Waals surface area (Å²) in [5.41, 5.74) is 3.82. The molecule has 2 aliphatic rings. The van der Waals surface area contributed by atoms with E-state index >= 15 is 0 Å². The van der Waals surface area contributed by atoms with E-state index in [4.69, 9.17) is 4.52 Å². The number of benzene rings is 1. The van der Waals surface area contributed by atoms with Crippen molar-refractivity contribution in [2.24, 2.45) is 0 Å². The molecule has 0 N–H and O–H groups in total. The van der Waals surface area contributed by atoms with E-state index in [0.29, 0.717) is 17.4 Å². The molecule has 3 aromatic rings. The summed E-state index contributed by atoms with van der Waals surface area (Å²) < 4.78 is 5.52. The van der Waals surface area contributed by atoms with Crippen LogP contribution in [0.4, 0.5) is 0 Å². The van der Waals surface area contributed by atoms with Crippen LogP contribution in [-0.4, -0.2) is 20.1 Å². The van der Waals surface area contributed by atoms with Crippen LogP contribution in [0.5, 0.6) is 0 Å². The third-order valence-electron chi connectivity index (χ3n) is 5.00. The molecule has 0 radical (unpaired) electrons. The Morgan fingerprint density at radius 2 is 2.14 bits per heavy atom. The summed E-state index contributed by atoms with van der Waals surface area (Å²) >= 11 is 0. The van der Waals surface area contributed by atoms with E-state index in [9.17, 15) is 0 Å². The highest BCUT2D eigenvalue weighted by atomic mass is 16.5. The van der Waals surface area contributed by atoms with E-state index in [-0.39, 0.29) is 5.41 Å². The topological polar surface area (TPSA) is 64.7 Å². The summed E-state index contributed by atoms with van der Waals surface area (Å²) in [7, 11) is 0. The minimum atomic E-state index is 0.225. The van der Waals surface area contributed by atoms with Gasteiger partial charge in [-0.1, -0.05) is 29.4 Å². The van der Waals surface area contributed by atoms with Crippen LogP contribution >= 0.6 is 0 Å². The SMILES string of the molecule is c1ccc2c(c1)CC[C@@]21C[C@@H]1c1nc(-c2cnccn2)no1. The second-order valence-electron chi connectivity index (χ2n) is 6.12. The summed E-state index contributed by atoms with van der Waals surface area (Å²) in [5, 5.41) is 4.07. The zero-order valence-electron chi connectivity index (χ0n) is 11.9. The molecule has 108 valence electrons. The lowest BCUT2D eigenvalue weighted by Gasteiger charge is -2.08. The monoisotopic (exact) mass is 290 g/mol. The minimum absolute atomic E-state index is 0.225. The summed E-state index contributed by atoms with van der Waals surface area (Å²) in [6.45, 7) is 0. The zero-order chi connectivity index (χ0) is 14.6. The van der Waals surface area contributed by atoms with Crippen molar-refractivity contribution in [3.05, 3.63) is 59.9 Å². The Kier molecular flexibility index (Phi) is 2.31.